The van der Waals surface area contributed by atoms with Crippen molar-refractivity contribution >= 4 is 5.97 Å². The monoisotopic (exact) mass is 311 g/mol. The third-order valence-electron chi connectivity index (χ3n) is 3.65. The molecule has 0 aliphatic carbocycles. The Morgan fingerprint density at radius 2 is 1.87 bits per heavy atom. The van der Waals surface area contributed by atoms with Crippen LogP contribution in [-0.4, -0.2) is 10.9 Å². The number of benzene rings is 2. The highest BCUT2D eigenvalue weighted by Crippen LogP contribution is 2.35. The molecular weight excluding hydrogens is 296 g/mol. The fourth-order valence-electron chi connectivity index (χ4n) is 2.54. The maximum Gasteiger partial charge on any atom is 0.343 e. The van der Waals surface area contributed by atoms with Crippen molar-refractivity contribution in [2.45, 2.75) is 12.6 Å². The predicted octanol–water partition coefficient (Wildman–Crippen LogP) is 1.78. The van der Waals surface area contributed by atoms with Crippen molar-refractivity contribution in [2.24, 2.45) is 0 Å². The van der Waals surface area contributed by atoms with E-state index in [1.165, 1.54) is 6.20 Å². The molecule has 2 aromatic rings. The second-order valence-corrected chi connectivity index (χ2v) is 5.15. The zero-order chi connectivity index (χ0) is 16.2. The summed E-state index contributed by atoms with van der Waals surface area (Å²) < 4.78 is 5.19. The topological polar surface area (TPSA) is 86.0 Å². The Hall–Kier alpha value is -2.99. The van der Waals surface area contributed by atoms with E-state index in [9.17, 15) is 14.9 Å². The van der Waals surface area contributed by atoms with Crippen LogP contribution in [-0.2, 0) is 11.3 Å². The number of hydrogen-bond donors (Lipinski definition) is 1. The minimum Gasteiger partial charge on any atom is -0.442 e. The van der Waals surface area contributed by atoms with Gasteiger partial charge < -0.3 is 10.1 Å². The van der Waals surface area contributed by atoms with Gasteiger partial charge in [-0.25, -0.2) is 4.79 Å². The van der Waals surface area contributed by atoms with E-state index in [1.54, 1.807) is 29.6 Å². The molecule has 0 saturated heterocycles. The number of quaternary nitrogens is 1. The van der Waals surface area contributed by atoms with Gasteiger partial charge in [0.05, 0.1) is 10.5 Å². The molecule has 23 heavy (non-hydrogen) atoms. The van der Waals surface area contributed by atoms with Gasteiger partial charge >= 0.3 is 11.7 Å². The summed E-state index contributed by atoms with van der Waals surface area (Å²) in [6.07, 6.45) is 0.466. The van der Waals surface area contributed by atoms with Crippen LogP contribution in [0, 0.1) is 10.1 Å². The number of carbonyl (C=O) groups excluding carboxylic acids is 1. The van der Waals surface area contributed by atoms with Gasteiger partial charge in [0.25, 0.3) is 0 Å². The number of nitro groups is 1. The Morgan fingerprint density at radius 3 is 2.61 bits per heavy atom. The summed E-state index contributed by atoms with van der Waals surface area (Å²) in [4.78, 5) is 22.7. The Morgan fingerprint density at radius 1 is 1.17 bits per heavy atom. The van der Waals surface area contributed by atoms with Gasteiger partial charge in [-0.1, -0.05) is 48.5 Å². The molecule has 0 bridgehead atoms. The maximum atomic E-state index is 11.8. The molecule has 2 N–H and O–H groups in total. The van der Waals surface area contributed by atoms with E-state index in [1.807, 2.05) is 30.3 Å². The molecule has 1 aliphatic rings. The number of carbonyl (C=O) groups is 1. The van der Waals surface area contributed by atoms with Crippen LogP contribution in [0.1, 0.15) is 27.6 Å². The molecule has 0 amide bonds. The van der Waals surface area contributed by atoms with Crippen molar-refractivity contribution in [2.75, 3.05) is 0 Å². The first kappa shape index (κ1) is 14.9. The highest BCUT2D eigenvalue weighted by Gasteiger charge is 2.40. The molecule has 0 fully saturated rings. The van der Waals surface area contributed by atoms with Crippen LogP contribution < -0.4 is 5.32 Å². The second-order valence-electron chi connectivity index (χ2n) is 5.15. The Labute approximate surface area is 132 Å². The molecule has 3 rings (SSSR count). The van der Waals surface area contributed by atoms with Crippen LogP contribution in [0.5, 0.6) is 0 Å². The molecule has 0 saturated carbocycles. The number of esters is 1. The number of cyclic esters (lactones) is 1. The molecule has 6 heteroatoms. The largest absolute Gasteiger partial charge is 0.442 e. The molecule has 6 nitrogen and oxygen atoms in total. The lowest BCUT2D eigenvalue weighted by Crippen LogP contribution is -2.76. The SMILES string of the molecule is O=C1O[C@@H](/C(=C\[NH2+]Cc2ccccc2)[N+](=O)[O-])c2ccccc21. The van der Waals surface area contributed by atoms with Crippen LogP contribution in [0.2, 0.25) is 0 Å². The van der Waals surface area contributed by atoms with Gasteiger partial charge in [-0.2, -0.15) is 0 Å². The quantitative estimate of drug-likeness (QED) is 0.518. The smallest absolute Gasteiger partial charge is 0.343 e. The van der Waals surface area contributed by atoms with Crippen molar-refractivity contribution in [3.05, 3.63) is 93.3 Å². The lowest BCUT2D eigenvalue weighted by Gasteiger charge is -2.07. The van der Waals surface area contributed by atoms with E-state index in [0.717, 1.165) is 5.56 Å². The van der Waals surface area contributed by atoms with E-state index < -0.39 is 17.0 Å². The number of hydrogen-bond acceptors (Lipinski definition) is 4. The third kappa shape index (κ3) is 3.12. The summed E-state index contributed by atoms with van der Waals surface area (Å²) in [5.41, 5.74) is 1.83. The number of ether oxygens (including phenoxy) is 1. The van der Waals surface area contributed by atoms with Crippen molar-refractivity contribution in [1.82, 2.24) is 0 Å². The second kappa shape index (κ2) is 6.41. The van der Waals surface area contributed by atoms with Gasteiger partial charge in [0.2, 0.25) is 6.10 Å². The molecule has 1 aliphatic heterocycles. The minimum absolute atomic E-state index is 0.140. The summed E-state index contributed by atoms with van der Waals surface area (Å²) in [6.45, 7) is 0.570. The average Bonchev–Trinajstić information content (AvgIpc) is 2.89. The van der Waals surface area contributed by atoms with Crippen LogP contribution in [0.15, 0.2) is 66.5 Å². The first-order chi connectivity index (χ1) is 11.2. The van der Waals surface area contributed by atoms with Crippen molar-refractivity contribution in [1.29, 1.82) is 0 Å². The molecule has 116 valence electrons. The number of fused-ring (bicyclic) bond motifs is 1. The summed E-state index contributed by atoms with van der Waals surface area (Å²) in [5, 5.41) is 13.1. The van der Waals surface area contributed by atoms with Gasteiger partial charge in [0.1, 0.15) is 6.54 Å². The molecule has 1 atom stereocenters. The Balaban J connectivity index is 1.81. The summed E-state index contributed by atoms with van der Waals surface area (Å²) >= 11 is 0. The summed E-state index contributed by atoms with van der Waals surface area (Å²) in [6, 6.07) is 16.4. The molecular formula is C17H15N2O4+. The number of rotatable bonds is 5. The Kier molecular flexibility index (Phi) is 4.16. The van der Waals surface area contributed by atoms with Crippen LogP contribution in [0.3, 0.4) is 0 Å². The number of nitrogens with two attached hydrogens (primary N) is 1. The van der Waals surface area contributed by atoms with Gasteiger partial charge in [-0.3, -0.25) is 10.1 Å². The molecule has 2 aromatic carbocycles. The highest BCUT2D eigenvalue weighted by molar-refractivity contribution is 5.94. The fourth-order valence-corrected chi connectivity index (χ4v) is 2.54. The molecule has 0 spiro atoms. The first-order valence-corrected chi connectivity index (χ1v) is 7.18. The molecule has 0 aromatic heterocycles. The first-order valence-electron chi connectivity index (χ1n) is 7.18. The minimum atomic E-state index is -0.958. The van der Waals surface area contributed by atoms with Gasteiger partial charge in [-0.15, -0.1) is 0 Å². The van der Waals surface area contributed by atoms with Crippen molar-refractivity contribution < 1.29 is 19.8 Å². The average molecular weight is 311 g/mol. The van der Waals surface area contributed by atoms with E-state index in [2.05, 4.69) is 0 Å². The normalized spacial score (nSPS) is 16.8. The lowest BCUT2D eigenvalue weighted by molar-refractivity contribution is -0.613. The molecule has 1 heterocycles. The number of nitrogens with zero attached hydrogens (tertiary/aromatic N) is 1. The van der Waals surface area contributed by atoms with E-state index >= 15 is 0 Å². The third-order valence-corrected chi connectivity index (χ3v) is 3.65. The van der Waals surface area contributed by atoms with E-state index in [0.29, 0.717) is 17.7 Å². The fraction of sp³-hybridized carbons (Fsp3) is 0.118. The lowest BCUT2D eigenvalue weighted by atomic mass is 10.0. The van der Waals surface area contributed by atoms with E-state index in [-0.39, 0.29) is 5.70 Å². The van der Waals surface area contributed by atoms with Crippen LogP contribution in [0.25, 0.3) is 0 Å². The van der Waals surface area contributed by atoms with Crippen molar-refractivity contribution in [3.8, 4) is 0 Å². The summed E-state index contributed by atoms with van der Waals surface area (Å²) in [5.74, 6) is -0.526. The molecule has 0 unspecified atom stereocenters. The van der Waals surface area contributed by atoms with Crippen LogP contribution in [0.4, 0.5) is 0 Å². The Bertz CT molecular complexity index is 771. The van der Waals surface area contributed by atoms with Gasteiger partial charge in [-0.05, 0) is 6.07 Å². The highest BCUT2D eigenvalue weighted by atomic mass is 16.6. The standard InChI is InChI=1S/C17H14N2O4/c20-17-14-9-5-4-8-13(14)16(23-17)15(19(21)22)11-18-10-12-6-2-1-3-7-12/h1-9,11,16,18H,10H2/p+1/b15-11+/t16-/m1/s1. The van der Waals surface area contributed by atoms with Gasteiger partial charge in [0, 0.05) is 11.1 Å². The molecule has 0 radical (unpaired) electrons. The zero-order valence-corrected chi connectivity index (χ0v) is 12.2. The van der Waals surface area contributed by atoms with Crippen LogP contribution >= 0.6 is 0 Å². The van der Waals surface area contributed by atoms with Gasteiger partial charge in [0.15, 0.2) is 6.20 Å². The summed E-state index contributed by atoms with van der Waals surface area (Å²) in [7, 11) is 0. The predicted molar refractivity (Wildman–Crippen MR) is 81.7 cm³/mol. The zero-order valence-electron chi connectivity index (χ0n) is 12.2. The maximum absolute atomic E-state index is 11.8. The van der Waals surface area contributed by atoms with E-state index in [4.69, 9.17) is 4.74 Å². The van der Waals surface area contributed by atoms with Crippen molar-refractivity contribution in [3.63, 3.8) is 0 Å².